The van der Waals surface area contributed by atoms with Crippen molar-refractivity contribution in [1.82, 2.24) is 4.98 Å². The molecule has 0 saturated heterocycles. The molecular weight excluding hydrogens is 188 g/mol. The zero-order chi connectivity index (χ0) is 9.84. The van der Waals surface area contributed by atoms with Crippen LogP contribution in [-0.2, 0) is 0 Å². The van der Waals surface area contributed by atoms with E-state index in [1.807, 2.05) is 19.9 Å². The van der Waals surface area contributed by atoms with E-state index in [4.69, 9.17) is 21.6 Å². The lowest BCUT2D eigenvalue weighted by Gasteiger charge is -2.10. The topological polar surface area (TPSA) is 45.9 Å². The molecule has 3 nitrogen and oxygen atoms in total. The van der Waals surface area contributed by atoms with Gasteiger partial charge in [-0.3, -0.25) is 0 Å². The highest BCUT2D eigenvalue weighted by atomic mass is 35.5. The van der Waals surface area contributed by atoms with Gasteiger partial charge in [-0.2, -0.15) is 5.26 Å². The molecule has 0 radical (unpaired) electrons. The first-order valence-corrected chi connectivity index (χ1v) is 4.24. The molecule has 0 aliphatic rings. The highest BCUT2D eigenvalue weighted by molar-refractivity contribution is 6.30. The van der Waals surface area contributed by atoms with Crippen molar-refractivity contribution in [3.8, 4) is 11.8 Å². The quantitative estimate of drug-likeness (QED) is 0.683. The normalized spacial score (nSPS) is 9.77. The lowest BCUT2D eigenvalue weighted by atomic mass is 10.3. The summed E-state index contributed by atoms with van der Waals surface area (Å²) in [6.45, 7) is 3.77. The van der Waals surface area contributed by atoms with Crippen LogP contribution in [0.3, 0.4) is 0 Å². The van der Waals surface area contributed by atoms with E-state index < -0.39 is 0 Å². The van der Waals surface area contributed by atoms with Crippen LogP contribution in [0.5, 0.6) is 5.75 Å². The third-order valence-corrected chi connectivity index (χ3v) is 1.63. The van der Waals surface area contributed by atoms with Crippen LogP contribution in [0.2, 0.25) is 5.15 Å². The molecule has 4 heteroatoms. The van der Waals surface area contributed by atoms with Crippen molar-refractivity contribution in [2.24, 2.45) is 0 Å². The molecule has 0 atom stereocenters. The summed E-state index contributed by atoms with van der Waals surface area (Å²) in [5.74, 6) is 0.484. The van der Waals surface area contributed by atoms with Crippen LogP contribution in [-0.4, -0.2) is 11.1 Å². The number of nitrogens with zero attached hydrogens (tertiary/aromatic N) is 2. The van der Waals surface area contributed by atoms with Gasteiger partial charge < -0.3 is 4.74 Å². The van der Waals surface area contributed by atoms with Gasteiger partial charge in [0.1, 0.15) is 17.4 Å². The number of pyridine rings is 1. The lowest BCUT2D eigenvalue weighted by Crippen LogP contribution is -2.07. The maximum atomic E-state index is 8.76. The number of nitriles is 1. The minimum absolute atomic E-state index is 0.0190. The van der Waals surface area contributed by atoms with Gasteiger partial charge in [0.2, 0.25) is 0 Å². The first kappa shape index (κ1) is 9.82. The molecule has 0 aromatic carbocycles. The molecule has 0 amide bonds. The third kappa shape index (κ3) is 2.33. The van der Waals surface area contributed by atoms with Gasteiger partial charge in [-0.05, 0) is 19.9 Å². The fourth-order valence-electron chi connectivity index (χ4n) is 0.873. The average Bonchev–Trinajstić information content (AvgIpc) is 2.03. The maximum Gasteiger partial charge on any atom is 0.150 e. The van der Waals surface area contributed by atoms with Crippen LogP contribution in [0, 0.1) is 11.3 Å². The fourth-order valence-corrected chi connectivity index (χ4v) is 1.07. The first-order valence-electron chi connectivity index (χ1n) is 3.86. The zero-order valence-electron chi connectivity index (χ0n) is 7.41. The molecule has 1 rings (SSSR count). The highest BCUT2D eigenvalue weighted by Crippen LogP contribution is 2.23. The predicted octanol–water partition coefficient (Wildman–Crippen LogP) is 2.39. The van der Waals surface area contributed by atoms with E-state index in [1.54, 1.807) is 6.07 Å². The Kier molecular flexibility index (Phi) is 3.10. The minimum Gasteiger partial charge on any atom is -0.489 e. The van der Waals surface area contributed by atoms with Gasteiger partial charge in [-0.1, -0.05) is 11.6 Å². The van der Waals surface area contributed by atoms with Crippen LogP contribution >= 0.6 is 11.6 Å². The number of hydrogen-bond donors (Lipinski definition) is 0. The molecule has 0 aliphatic carbocycles. The minimum atomic E-state index is 0.0190. The van der Waals surface area contributed by atoms with Crippen molar-refractivity contribution in [1.29, 1.82) is 5.26 Å². The summed E-state index contributed by atoms with van der Waals surface area (Å²) in [7, 11) is 0. The summed E-state index contributed by atoms with van der Waals surface area (Å²) in [5.41, 5.74) is 0.290. The van der Waals surface area contributed by atoms with Crippen LogP contribution < -0.4 is 4.74 Å². The van der Waals surface area contributed by atoms with E-state index in [-0.39, 0.29) is 16.8 Å². The van der Waals surface area contributed by atoms with Crippen LogP contribution in [0.1, 0.15) is 19.4 Å². The number of ether oxygens (including phenoxy) is 1. The van der Waals surface area contributed by atoms with Gasteiger partial charge in [-0.25, -0.2) is 4.98 Å². The Morgan fingerprint density at radius 2 is 2.31 bits per heavy atom. The molecule has 1 heterocycles. The Balaban J connectivity index is 3.07. The second-order valence-electron chi connectivity index (χ2n) is 2.75. The lowest BCUT2D eigenvalue weighted by molar-refractivity contribution is 0.241. The average molecular weight is 197 g/mol. The molecule has 0 unspecified atom stereocenters. The molecular formula is C9H9ClN2O. The zero-order valence-corrected chi connectivity index (χ0v) is 8.17. The number of aromatic nitrogens is 1. The fraction of sp³-hybridized carbons (Fsp3) is 0.333. The largest absolute Gasteiger partial charge is 0.489 e. The van der Waals surface area contributed by atoms with Gasteiger partial charge in [0.25, 0.3) is 0 Å². The maximum absolute atomic E-state index is 8.76. The standard InChI is InChI=1S/C9H9ClN2O/c1-6(2)13-8-3-4-12-9(10)7(8)5-11/h3-4,6H,1-2H3. The van der Waals surface area contributed by atoms with E-state index in [0.717, 1.165) is 0 Å². The Bertz CT molecular complexity index is 344. The first-order chi connectivity index (χ1) is 6.15. The van der Waals surface area contributed by atoms with Gasteiger partial charge in [-0.15, -0.1) is 0 Å². The van der Waals surface area contributed by atoms with E-state index >= 15 is 0 Å². The molecule has 0 aliphatic heterocycles. The Morgan fingerprint density at radius 3 is 2.85 bits per heavy atom. The van der Waals surface area contributed by atoms with Gasteiger partial charge in [0.15, 0.2) is 5.15 Å². The van der Waals surface area contributed by atoms with Crippen molar-refractivity contribution in [2.75, 3.05) is 0 Å². The molecule has 0 spiro atoms. The number of hydrogen-bond acceptors (Lipinski definition) is 3. The molecule has 0 N–H and O–H groups in total. The molecule has 0 bridgehead atoms. The van der Waals surface area contributed by atoms with E-state index in [0.29, 0.717) is 5.75 Å². The summed E-state index contributed by atoms with van der Waals surface area (Å²) in [6.07, 6.45) is 1.53. The molecule has 68 valence electrons. The Hall–Kier alpha value is -1.27. The van der Waals surface area contributed by atoms with Gasteiger partial charge in [0, 0.05) is 6.20 Å². The predicted molar refractivity (Wildman–Crippen MR) is 49.7 cm³/mol. The van der Waals surface area contributed by atoms with E-state index in [1.165, 1.54) is 6.20 Å². The smallest absolute Gasteiger partial charge is 0.150 e. The molecule has 0 fully saturated rings. The Morgan fingerprint density at radius 1 is 1.62 bits per heavy atom. The van der Waals surface area contributed by atoms with Crippen LogP contribution in [0.4, 0.5) is 0 Å². The molecule has 13 heavy (non-hydrogen) atoms. The second kappa shape index (κ2) is 4.11. The van der Waals surface area contributed by atoms with Gasteiger partial charge in [0.05, 0.1) is 6.10 Å². The summed E-state index contributed by atoms with van der Waals surface area (Å²) >= 11 is 5.70. The molecule has 0 saturated carbocycles. The third-order valence-electron chi connectivity index (χ3n) is 1.34. The van der Waals surface area contributed by atoms with Crippen LogP contribution in [0.25, 0.3) is 0 Å². The van der Waals surface area contributed by atoms with Crippen molar-refractivity contribution < 1.29 is 4.74 Å². The van der Waals surface area contributed by atoms with Gasteiger partial charge >= 0.3 is 0 Å². The van der Waals surface area contributed by atoms with E-state index in [2.05, 4.69) is 4.98 Å². The molecule has 1 aromatic heterocycles. The monoisotopic (exact) mass is 196 g/mol. The SMILES string of the molecule is CC(C)Oc1ccnc(Cl)c1C#N. The summed E-state index contributed by atoms with van der Waals surface area (Å²) in [6, 6.07) is 3.58. The second-order valence-corrected chi connectivity index (χ2v) is 3.11. The molecule has 1 aromatic rings. The summed E-state index contributed by atoms with van der Waals surface area (Å²) in [4.78, 5) is 3.78. The van der Waals surface area contributed by atoms with Crippen molar-refractivity contribution >= 4 is 11.6 Å². The van der Waals surface area contributed by atoms with Crippen LogP contribution in [0.15, 0.2) is 12.3 Å². The highest BCUT2D eigenvalue weighted by Gasteiger charge is 2.09. The van der Waals surface area contributed by atoms with Crippen molar-refractivity contribution in [3.63, 3.8) is 0 Å². The number of rotatable bonds is 2. The van der Waals surface area contributed by atoms with Crippen molar-refractivity contribution in [2.45, 2.75) is 20.0 Å². The summed E-state index contributed by atoms with van der Waals surface area (Å²) < 4.78 is 5.37. The van der Waals surface area contributed by atoms with E-state index in [9.17, 15) is 0 Å². The number of halogens is 1. The van der Waals surface area contributed by atoms with Crippen molar-refractivity contribution in [3.05, 3.63) is 23.0 Å². The summed E-state index contributed by atoms with van der Waals surface area (Å²) in [5, 5.41) is 8.94. The Labute approximate surface area is 81.9 Å².